The van der Waals surface area contributed by atoms with Crippen LogP contribution in [0.3, 0.4) is 0 Å². The standard InChI is InChI=1S/C12H8N2O2.C3H7NO2/c15-7-11-9(3-1-5-13-11)10-4-2-6-14-12(10)8-16;1-2(4)3(5)6/h1-8H;2H,4H2,1H3,(H,5,6)/t;2-/m.0/s1. The van der Waals surface area contributed by atoms with Gasteiger partial charge in [0, 0.05) is 23.5 Å². The number of rotatable bonds is 4. The van der Waals surface area contributed by atoms with Crippen LogP contribution in [0, 0.1) is 0 Å². The van der Waals surface area contributed by atoms with Crippen LogP contribution < -0.4 is 5.73 Å². The molecule has 0 aliphatic heterocycles. The number of nitrogens with zero attached hydrogens (tertiary/aromatic N) is 2. The van der Waals surface area contributed by atoms with Gasteiger partial charge in [0.25, 0.3) is 0 Å². The zero-order valence-electron chi connectivity index (χ0n) is 11.8. The van der Waals surface area contributed by atoms with Gasteiger partial charge in [0.05, 0.1) is 0 Å². The van der Waals surface area contributed by atoms with Crippen molar-refractivity contribution in [1.82, 2.24) is 9.97 Å². The lowest BCUT2D eigenvalue weighted by Gasteiger charge is -2.05. The molecule has 2 aromatic rings. The van der Waals surface area contributed by atoms with E-state index in [4.69, 9.17) is 10.8 Å². The lowest BCUT2D eigenvalue weighted by Crippen LogP contribution is -2.25. The molecule has 0 saturated heterocycles. The Kier molecular flexibility index (Phi) is 6.52. The van der Waals surface area contributed by atoms with E-state index in [-0.39, 0.29) is 0 Å². The number of aldehydes is 2. The van der Waals surface area contributed by atoms with Crippen molar-refractivity contribution in [3.8, 4) is 11.1 Å². The molecule has 0 unspecified atom stereocenters. The van der Waals surface area contributed by atoms with Crippen molar-refractivity contribution in [3.05, 3.63) is 48.0 Å². The van der Waals surface area contributed by atoms with Crippen LogP contribution in [0.25, 0.3) is 11.1 Å². The van der Waals surface area contributed by atoms with Gasteiger partial charge in [-0.25, -0.2) is 0 Å². The first-order valence-corrected chi connectivity index (χ1v) is 6.30. The van der Waals surface area contributed by atoms with Gasteiger partial charge in [-0.15, -0.1) is 0 Å². The molecule has 0 aliphatic carbocycles. The van der Waals surface area contributed by atoms with Crippen LogP contribution in [-0.4, -0.2) is 39.7 Å². The largest absolute Gasteiger partial charge is 0.480 e. The molecule has 2 rings (SSSR count). The molecule has 0 aliphatic rings. The Labute approximate surface area is 126 Å². The summed E-state index contributed by atoms with van der Waals surface area (Å²) in [6.07, 6.45) is 4.39. The first-order valence-electron chi connectivity index (χ1n) is 6.30. The zero-order chi connectivity index (χ0) is 16.5. The SMILES string of the molecule is C[C@H](N)C(=O)O.O=Cc1ncccc1-c1cccnc1C=O. The Morgan fingerprint density at radius 2 is 1.45 bits per heavy atom. The van der Waals surface area contributed by atoms with Crippen molar-refractivity contribution in [1.29, 1.82) is 0 Å². The Bertz CT molecular complexity index is 622. The molecular formula is C15H15N3O4. The maximum atomic E-state index is 10.8. The lowest BCUT2D eigenvalue weighted by molar-refractivity contribution is -0.138. The lowest BCUT2D eigenvalue weighted by atomic mass is 10.0. The van der Waals surface area contributed by atoms with Crippen molar-refractivity contribution in [3.63, 3.8) is 0 Å². The summed E-state index contributed by atoms with van der Waals surface area (Å²) in [5.41, 5.74) is 6.68. The Balaban J connectivity index is 0.000000346. The zero-order valence-corrected chi connectivity index (χ0v) is 11.8. The molecule has 3 N–H and O–H groups in total. The smallest absolute Gasteiger partial charge is 0.320 e. The van der Waals surface area contributed by atoms with E-state index in [9.17, 15) is 14.4 Å². The molecule has 0 fully saturated rings. The van der Waals surface area contributed by atoms with Gasteiger partial charge in [-0.05, 0) is 19.1 Å². The number of pyridine rings is 2. The van der Waals surface area contributed by atoms with E-state index in [1.807, 2.05) is 0 Å². The fourth-order valence-electron chi connectivity index (χ4n) is 1.48. The second-order valence-electron chi connectivity index (χ2n) is 4.24. The van der Waals surface area contributed by atoms with Crippen molar-refractivity contribution in [2.45, 2.75) is 13.0 Å². The minimum atomic E-state index is -0.963. The number of aliphatic carboxylic acids is 1. The summed E-state index contributed by atoms with van der Waals surface area (Å²) >= 11 is 0. The summed E-state index contributed by atoms with van der Waals surface area (Å²) in [7, 11) is 0. The normalized spacial score (nSPS) is 10.8. The van der Waals surface area contributed by atoms with E-state index in [1.165, 1.54) is 19.3 Å². The van der Waals surface area contributed by atoms with Crippen molar-refractivity contribution >= 4 is 18.5 Å². The van der Waals surface area contributed by atoms with Gasteiger partial charge >= 0.3 is 5.97 Å². The molecule has 0 amide bonds. The Morgan fingerprint density at radius 1 is 1.09 bits per heavy atom. The second kappa shape index (κ2) is 8.38. The number of hydrogen-bond acceptors (Lipinski definition) is 6. The molecule has 2 heterocycles. The summed E-state index contributed by atoms with van der Waals surface area (Å²) in [6.45, 7) is 1.42. The minimum Gasteiger partial charge on any atom is -0.480 e. The summed E-state index contributed by atoms with van der Waals surface area (Å²) in [6, 6.07) is 6.17. The molecule has 0 saturated carbocycles. The maximum Gasteiger partial charge on any atom is 0.320 e. The molecule has 22 heavy (non-hydrogen) atoms. The quantitative estimate of drug-likeness (QED) is 0.813. The van der Waals surface area contributed by atoms with Gasteiger partial charge in [-0.1, -0.05) is 12.1 Å². The fraction of sp³-hybridized carbons (Fsp3) is 0.133. The highest BCUT2D eigenvalue weighted by molar-refractivity contribution is 5.91. The van der Waals surface area contributed by atoms with E-state index < -0.39 is 12.0 Å². The number of carbonyl (C=O) groups excluding carboxylic acids is 2. The highest BCUT2D eigenvalue weighted by Crippen LogP contribution is 2.22. The predicted molar refractivity (Wildman–Crippen MR) is 79.5 cm³/mol. The number of carbonyl (C=O) groups is 3. The van der Waals surface area contributed by atoms with Crippen LogP contribution in [0.1, 0.15) is 27.9 Å². The third-order valence-electron chi connectivity index (χ3n) is 2.58. The molecule has 0 spiro atoms. The van der Waals surface area contributed by atoms with Crippen LogP contribution in [-0.2, 0) is 4.79 Å². The van der Waals surface area contributed by atoms with E-state index in [0.29, 0.717) is 35.1 Å². The molecule has 7 heteroatoms. The van der Waals surface area contributed by atoms with Crippen molar-refractivity contribution in [2.75, 3.05) is 0 Å². The topological polar surface area (TPSA) is 123 Å². The van der Waals surface area contributed by atoms with Crippen molar-refractivity contribution < 1.29 is 19.5 Å². The summed E-state index contributed by atoms with van der Waals surface area (Å²) < 4.78 is 0. The third kappa shape index (κ3) is 4.57. The summed E-state index contributed by atoms with van der Waals surface area (Å²) in [5, 5.41) is 7.87. The Morgan fingerprint density at radius 3 is 1.73 bits per heavy atom. The van der Waals surface area contributed by atoms with Gasteiger partial charge in [0.1, 0.15) is 17.4 Å². The summed E-state index contributed by atoms with van der Waals surface area (Å²) in [4.78, 5) is 39.1. The minimum absolute atomic E-state index is 0.304. The van der Waals surface area contributed by atoms with Gasteiger partial charge < -0.3 is 10.8 Å². The molecule has 7 nitrogen and oxygen atoms in total. The molecule has 1 atom stereocenters. The summed E-state index contributed by atoms with van der Waals surface area (Å²) in [5.74, 6) is -0.963. The van der Waals surface area contributed by atoms with Gasteiger partial charge in [-0.2, -0.15) is 0 Å². The van der Waals surface area contributed by atoms with Gasteiger partial charge in [-0.3, -0.25) is 24.4 Å². The van der Waals surface area contributed by atoms with E-state index in [0.717, 1.165) is 0 Å². The monoisotopic (exact) mass is 301 g/mol. The van der Waals surface area contributed by atoms with Gasteiger partial charge in [0.15, 0.2) is 12.6 Å². The highest BCUT2D eigenvalue weighted by Gasteiger charge is 2.09. The van der Waals surface area contributed by atoms with E-state index >= 15 is 0 Å². The number of aromatic nitrogens is 2. The maximum absolute atomic E-state index is 10.8. The number of hydrogen-bond donors (Lipinski definition) is 2. The molecule has 0 aromatic carbocycles. The van der Waals surface area contributed by atoms with Crippen LogP contribution in [0.5, 0.6) is 0 Å². The van der Waals surface area contributed by atoms with E-state index in [1.54, 1.807) is 24.3 Å². The average Bonchev–Trinajstić information content (AvgIpc) is 2.55. The second-order valence-corrected chi connectivity index (χ2v) is 4.24. The Hall–Kier alpha value is -2.93. The molecule has 114 valence electrons. The number of nitrogens with two attached hydrogens (primary N) is 1. The first kappa shape index (κ1) is 17.1. The highest BCUT2D eigenvalue weighted by atomic mass is 16.4. The van der Waals surface area contributed by atoms with E-state index in [2.05, 4.69) is 9.97 Å². The van der Waals surface area contributed by atoms with Crippen LogP contribution in [0.4, 0.5) is 0 Å². The third-order valence-corrected chi connectivity index (χ3v) is 2.58. The number of carboxylic acid groups (broad SMARTS) is 1. The average molecular weight is 301 g/mol. The van der Waals surface area contributed by atoms with Crippen LogP contribution in [0.2, 0.25) is 0 Å². The van der Waals surface area contributed by atoms with Crippen LogP contribution >= 0.6 is 0 Å². The van der Waals surface area contributed by atoms with Gasteiger partial charge in [0.2, 0.25) is 0 Å². The fourth-order valence-corrected chi connectivity index (χ4v) is 1.48. The number of carboxylic acids is 1. The predicted octanol–water partition coefficient (Wildman–Crippen LogP) is 1.19. The van der Waals surface area contributed by atoms with Crippen molar-refractivity contribution in [2.24, 2.45) is 5.73 Å². The molecular weight excluding hydrogens is 286 g/mol. The van der Waals surface area contributed by atoms with Crippen LogP contribution in [0.15, 0.2) is 36.7 Å². The first-order chi connectivity index (χ1) is 10.5. The molecule has 2 aromatic heterocycles. The molecule has 0 radical (unpaired) electrons. The molecule has 0 bridgehead atoms.